The van der Waals surface area contributed by atoms with Crippen molar-refractivity contribution in [1.29, 1.82) is 0 Å². The van der Waals surface area contributed by atoms with Crippen molar-refractivity contribution in [2.75, 3.05) is 43.4 Å². The molecule has 0 aliphatic carbocycles. The van der Waals surface area contributed by atoms with Gasteiger partial charge in [-0.25, -0.2) is 4.98 Å². The number of nitrogen functional groups attached to an aromatic ring is 1. The summed E-state index contributed by atoms with van der Waals surface area (Å²) in [5, 5.41) is 2.90. The summed E-state index contributed by atoms with van der Waals surface area (Å²) in [5.41, 5.74) is 7.42. The lowest BCUT2D eigenvalue weighted by molar-refractivity contribution is -0.155. The van der Waals surface area contributed by atoms with E-state index in [9.17, 15) is 9.59 Å². The summed E-state index contributed by atoms with van der Waals surface area (Å²) in [5.74, 6) is 0.683. The topological polar surface area (TPSA) is 114 Å². The molecule has 152 valence electrons. The number of nitrogens with two attached hydrogens (primary N) is 1. The van der Waals surface area contributed by atoms with Crippen LogP contribution in [0.2, 0.25) is 0 Å². The fourth-order valence-corrected chi connectivity index (χ4v) is 3.76. The van der Waals surface area contributed by atoms with Gasteiger partial charge < -0.3 is 25.6 Å². The number of anilines is 2. The Balaban J connectivity index is 1.45. The lowest BCUT2D eigenvalue weighted by atomic mass is 9.98. The van der Waals surface area contributed by atoms with Crippen LogP contribution in [-0.2, 0) is 14.3 Å². The van der Waals surface area contributed by atoms with Crippen LogP contribution in [0.3, 0.4) is 0 Å². The van der Waals surface area contributed by atoms with Crippen LogP contribution in [-0.4, -0.2) is 65.6 Å². The lowest BCUT2D eigenvalue weighted by Crippen LogP contribution is -2.57. The molecule has 4 rings (SSSR count). The minimum atomic E-state index is -0.737. The largest absolute Gasteiger partial charge is 0.368 e. The average molecular weight is 396 g/mol. The number of amides is 2. The minimum Gasteiger partial charge on any atom is -0.368 e. The molecule has 2 aliphatic heterocycles. The van der Waals surface area contributed by atoms with Gasteiger partial charge in [0.15, 0.2) is 6.10 Å². The second-order valence-corrected chi connectivity index (χ2v) is 7.23. The standard InChI is InChI=1S/C20H24N6O3/c1-13-11-15(23-20(21)22-13)25-7-9-26(10-8-25)19(28)18-17(24-16(27)12-29-18)14-5-3-2-4-6-14/h2-6,11,17-18H,7-10,12H2,1H3,(H,24,27)(H2,21,22,23)/t17-,18+/m1/s1. The van der Waals surface area contributed by atoms with Crippen LogP contribution in [0, 0.1) is 6.92 Å². The van der Waals surface area contributed by atoms with Gasteiger partial charge in [-0.05, 0) is 12.5 Å². The van der Waals surface area contributed by atoms with Crippen molar-refractivity contribution >= 4 is 23.6 Å². The number of benzene rings is 1. The summed E-state index contributed by atoms with van der Waals surface area (Å²) in [6, 6.07) is 10.8. The van der Waals surface area contributed by atoms with Gasteiger partial charge in [0.1, 0.15) is 12.4 Å². The van der Waals surface area contributed by atoms with Crippen molar-refractivity contribution in [3.63, 3.8) is 0 Å². The first-order valence-corrected chi connectivity index (χ1v) is 9.62. The number of aryl methyl sites for hydroxylation is 1. The molecule has 2 saturated heterocycles. The number of piperazine rings is 1. The number of ether oxygens (including phenoxy) is 1. The summed E-state index contributed by atoms with van der Waals surface area (Å²) < 4.78 is 5.66. The predicted molar refractivity (Wildman–Crippen MR) is 107 cm³/mol. The van der Waals surface area contributed by atoms with Gasteiger partial charge in [-0.2, -0.15) is 4.98 Å². The van der Waals surface area contributed by atoms with Gasteiger partial charge in [0, 0.05) is 37.9 Å². The van der Waals surface area contributed by atoms with E-state index >= 15 is 0 Å². The number of hydrogen-bond acceptors (Lipinski definition) is 7. The normalized spacial score (nSPS) is 22.3. The Hall–Kier alpha value is -3.20. The first kappa shape index (κ1) is 19.1. The molecule has 0 spiro atoms. The Morgan fingerprint density at radius 3 is 2.59 bits per heavy atom. The summed E-state index contributed by atoms with van der Waals surface area (Å²) in [4.78, 5) is 37.3. The molecule has 2 fully saturated rings. The Bertz CT molecular complexity index is 878. The van der Waals surface area contributed by atoms with Crippen molar-refractivity contribution in [2.24, 2.45) is 0 Å². The van der Waals surface area contributed by atoms with E-state index in [0.717, 1.165) is 17.1 Å². The molecule has 3 N–H and O–H groups in total. The predicted octanol–water partition coefficient (Wildman–Crippen LogP) is 0.272. The van der Waals surface area contributed by atoms with Gasteiger partial charge in [0.2, 0.25) is 11.9 Å². The van der Waals surface area contributed by atoms with E-state index in [-0.39, 0.29) is 24.4 Å². The van der Waals surface area contributed by atoms with Crippen molar-refractivity contribution in [2.45, 2.75) is 19.1 Å². The summed E-state index contributed by atoms with van der Waals surface area (Å²) in [7, 11) is 0. The van der Waals surface area contributed by atoms with Crippen LogP contribution >= 0.6 is 0 Å². The monoisotopic (exact) mass is 396 g/mol. The highest BCUT2D eigenvalue weighted by molar-refractivity contribution is 5.86. The first-order valence-electron chi connectivity index (χ1n) is 9.62. The molecule has 0 radical (unpaired) electrons. The van der Waals surface area contributed by atoms with Gasteiger partial charge in [0.05, 0.1) is 6.04 Å². The highest BCUT2D eigenvalue weighted by Gasteiger charge is 2.39. The van der Waals surface area contributed by atoms with E-state index in [1.165, 1.54) is 0 Å². The lowest BCUT2D eigenvalue weighted by Gasteiger charge is -2.39. The Kier molecular flexibility index (Phi) is 5.30. The maximum absolute atomic E-state index is 13.2. The number of nitrogens with one attached hydrogen (secondary N) is 1. The Labute approximate surface area is 168 Å². The van der Waals surface area contributed by atoms with Crippen molar-refractivity contribution < 1.29 is 14.3 Å². The summed E-state index contributed by atoms with van der Waals surface area (Å²) in [6.45, 7) is 4.11. The maximum Gasteiger partial charge on any atom is 0.254 e. The highest BCUT2D eigenvalue weighted by Crippen LogP contribution is 2.25. The molecule has 1 aromatic heterocycles. The van der Waals surface area contributed by atoms with Gasteiger partial charge in [-0.1, -0.05) is 30.3 Å². The van der Waals surface area contributed by atoms with Crippen molar-refractivity contribution in [3.8, 4) is 0 Å². The fourth-order valence-electron chi connectivity index (χ4n) is 3.76. The minimum absolute atomic E-state index is 0.112. The number of nitrogens with zero attached hydrogens (tertiary/aromatic N) is 4. The van der Waals surface area contributed by atoms with Crippen LogP contribution in [0.25, 0.3) is 0 Å². The third-order valence-electron chi connectivity index (χ3n) is 5.19. The van der Waals surface area contributed by atoms with Crippen LogP contribution in [0.4, 0.5) is 11.8 Å². The molecule has 3 heterocycles. The SMILES string of the molecule is Cc1cc(N2CCN(C(=O)[C@H]3OCC(=O)N[C@@H]3c3ccccc3)CC2)nc(N)n1. The van der Waals surface area contributed by atoms with Gasteiger partial charge in [-0.15, -0.1) is 0 Å². The summed E-state index contributed by atoms with van der Waals surface area (Å²) >= 11 is 0. The summed E-state index contributed by atoms with van der Waals surface area (Å²) in [6.07, 6.45) is -0.737. The first-order chi connectivity index (χ1) is 14.0. The quantitative estimate of drug-likeness (QED) is 0.766. The molecule has 2 aromatic rings. The Morgan fingerprint density at radius 2 is 1.90 bits per heavy atom. The van der Waals surface area contributed by atoms with Crippen molar-refractivity contribution in [1.82, 2.24) is 20.2 Å². The number of carbonyl (C=O) groups excluding carboxylic acids is 2. The van der Waals surface area contributed by atoms with Crippen LogP contribution in [0.1, 0.15) is 17.3 Å². The molecule has 0 bridgehead atoms. The zero-order chi connectivity index (χ0) is 20.4. The number of aromatic nitrogens is 2. The zero-order valence-electron chi connectivity index (χ0n) is 16.2. The van der Waals surface area contributed by atoms with E-state index in [4.69, 9.17) is 10.5 Å². The third-order valence-corrected chi connectivity index (χ3v) is 5.19. The number of morpholine rings is 1. The molecule has 2 atom stereocenters. The molecular formula is C20H24N6O3. The molecule has 9 nitrogen and oxygen atoms in total. The number of hydrogen-bond donors (Lipinski definition) is 2. The zero-order valence-corrected chi connectivity index (χ0v) is 16.2. The fraction of sp³-hybridized carbons (Fsp3) is 0.400. The second kappa shape index (κ2) is 8.04. The molecule has 9 heteroatoms. The molecule has 0 unspecified atom stereocenters. The molecule has 1 aromatic carbocycles. The number of rotatable bonds is 3. The number of carbonyl (C=O) groups is 2. The van der Waals surface area contributed by atoms with Crippen LogP contribution in [0.15, 0.2) is 36.4 Å². The van der Waals surface area contributed by atoms with E-state index < -0.39 is 12.1 Å². The smallest absolute Gasteiger partial charge is 0.254 e. The molecule has 2 amide bonds. The van der Waals surface area contributed by atoms with Crippen molar-refractivity contribution in [3.05, 3.63) is 47.7 Å². The van der Waals surface area contributed by atoms with E-state index in [0.29, 0.717) is 26.2 Å². The van der Waals surface area contributed by atoms with E-state index in [1.807, 2.05) is 43.3 Å². The Morgan fingerprint density at radius 1 is 1.17 bits per heavy atom. The average Bonchev–Trinajstić information content (AvgIpc) is 2.73. The molecule has 29 heavy (non-hydrogen) atoms. The maximum atomic E-state index is 13.2. The van der Waals surface area contributed by atoms with Crippen LogP contribution < -0.4 is 16.0 Å². The second-order valence-electron chi connectivity index (χ2n) is 7.23. The molecule has 0 saturated carbocycles. The van der Waals surface area contributed by atoms with E-state index in [2.05, 4.69) is 20.2 Å². The third kappa shape index (κ3) is 4.14. The van der Waals surface area contributed by atoms with Gasteiger partial charge >= 0.3 is 0 Å². The van der Waals surface area contributed by atoms with Gasteiger partial charge in [-0.3, -0.25) is 9.59 Å². The highest BCUT2D eigenvalue weighted by atomic mass is 16.5. The molecule has 2 aliphatic rings. The van der Waals surface area contributed by atoms with E-state index in [1.54, 1.807) is 4.90 Å². The van der Waals surface area contributed by atoms with Gasteiger partial charge in [0.25, 0.3) is 5.91 Å². The molecular weight excluding hydrogens is 372 g/mol. The van der Waals surface area contributed by atoms with Crippen LogP contribution in [0.5, 0.6) is 0 Å².